The van der Waals surface area contributed by atoms with Crippen molar-refractivity contribution < 1.29 is 12.8 Å². The monoisotopic (exact) mass is 488 g/mol. The lowest BCUT2D eigenvalue weighted by Crippen LogP contribution is -2.19. The van der Waals surface area contributed by atoms with Gasteiger partial charge in [-0.1, -0.05) is 23.8 Å². The summed E-state index contributed by atoms with van der Waals surface area (Å²) in [6.45, 7) is 4.08. The first-order valence-electron chi connectivity index (χ1n) is 11.0. The van der Waals surface area contributed by atoms with Crippen LogP contribution in [0.25, 0.3) is 33.7 Å². The van der Waals surface area contributed by atoms with Gasteiger partial charge in [0.05, 0.1) is 15.9 Å². The Bertz CT molecular complexity index is 1740. The van der Waals surface area contributed by atoms with Crippen LogP contribution in [-0.4, -0.2) is 22.5 Å². The Hall–Kier alpha value is -4.11. The number of aromatic nitrogens is 3. The van der Waals surface area contributed by atoms with E-state index in [9.17, 15) is 13.2 Å². The van der Waals surface area contributed by atoms with E-state index < -0.39 is 10.0 Å². The number of nitrogens with zero attached hydrogens (tertiary/aromatic N) is 3. The van der Waals surface area contributed by atoms with Gasteiger partial charge in [0, 0.05) is 30.9 Å². The van der Waals surface area contributed by atoms with Crippen LogP contribution in [0.2, 0.25) is 0 Å². The minimum atomic E-state index is -3.86. The molecule has 35 heavy (non-hydrogen) atoms. The number of fused-ring (bicyclic) bond motifs is 1. The van der Waals surface area contributed by atoms with Crippen LogP contribution >= 0.6 is 0 Å². The molecule has 0 bridgehead atoms. The Labute approximate surface area is 202 Å². The van der Waals surface area contributed by atoms with E-state index in [1.165, 1.54) is 26.8 Å². The van der Waals surface area contributed by atoms with Gasteiger partial charge in [0.25, 0.3) is 10.0 Å². The number of nitrogens with one attached hydrogen (secondary N) is 1. The summed E-state index contributed by atoms with van der Waals surface area (Å²) in [5.41, 5.74) is 6.15. The first kappa shape index (κ1) is 22.7. The molecular weight excluding hydrogens is 464 g/mol. The molecule has 0 fully saturated rings. The normalized spacial score (nSPS) is 11.8. The third-order valence-electron chi connectivity index (χ3n) is 6.10. The van der Waals surface area contributed by atoms with Gasteiger partial charge in [-0.05, 0) is 61.9 Å². The van der Waals surface area contributed by atoms with Crippen molar-refractivity contribution in [2.24, 2.45) is 14.1 Å². The van der Waals surface area contributed by atoms with Gasteiger partial charge in [0.2, 0.25) is 5.89 Å². The largest absolute Gasteiger partial charge is 0.444 e. The first-order valence-corrected chi connectivity index (χ1v) is 12.4. The molecule has 5 rings (SSSR count). The summed E-state index contributed by atoms with van der Waals surface area (Å²) in [4.78, 5) is 16.8. The van der Waals surface area contributed by atoms with Crippen LogP contribution in [0.15, 0.2) is 81.0 Å². The number of benzene rings is 3. The van der Waals surface area contributed by atoms with Crippen LogP contribution in [0.3, 0.4) is 0 Å². The number of sulfonamides is 1. The predicted molar refractivity (Wildman–Crippen MR) is 136 cm³/mol. The molecule has 2 aromatic heterocycles. The summed E-state index contributed by atoms with van der Waals surface area (Å²) in [7, 11) is -0.594. The van der Waals surface area contributed by atoms with Gasteiger partial charge >= 0.3 is 5.69 Å². The van der Waals surface area contributed by atoms with Crippen LogP contribution in [-0.2, 0) is 24.1 Å². The van der Waals surface area contributed by atoms with Crippen LogP contribution in [0.1, 0.15) is 11.1 Å². The van der Waals surface area contributed by atoms with Crippen molar-refractivity contribution in [1.29, 1.82) is 0 Å². The molecule has 0 spiro atoms. The van der Waals surface area contributed by atoms with Gasteiger partial charge < -0.3 is 4.42 Å². The maximum Gasteiger partial charge on any atom is 0.328 e. The van der Waals surface area contributed by atoms with Crippen molar-refractivity contribution in [3.05, 3.63) is 88.5 Å². The lowest BCUT2D eigenvalue weighted by molar-refractivity contribution is 0.575. The van der Waals surface area contributed by atoms with Crippen molar-refractivity contribution in [3.63, 3.8) is 0 Å². The van der Waals surface area contributed by atoms with E-state index in [1.54, 1.807) is 50.7 Å². The molecule has 0 aliphatic rings. The summed E-state index contributed by atoms with van der Waals surface area (Å²) in [5, 5.41) is 0. The van der Waals surface area contributed by atoms with E-state index in [0.29, 0.717) is 22.6 Å². The van der Waals surface area contributed by atoms with E-state index in [4.69, 9.17) is 4.42 Å². The third-order valence-corrected chi connectivity index (χ3v) is 7.48. The summed E-state index contributed by atoms with van der Waals surface area (Å²) < 4.78 is 37.1. The second kappa shape index (κ2) is 8.28. The molecule has 0 unspecified atom stereocenters. The van der Waals surface area contributed by atoms with Gasteiger partial charge in [-0.3, -0.25) is 13.9 Å². The molecule has 0 saturated carbocycles. The molecule has 0 amide bonds. The summed E-state index contributed by atoms with van der Waals surface area (Å²) in [5.74, 6) is 0.449. The number of hydrogen-bond acceptors (Lipinski definition) is 5. The Kier molecular flexibility index (Phi) is 5.36. The molecule has 3 aromatic carbocycles. The molecule has 2 heterocycles. The van der Waals surface area contributed by atoms with Crippen molar-refractivity contribution in [1.82, 2.24) is 14.1 Å². The number of anilines is 1. The van der Waals surface area contributed by atoms with Gasteiger partial charge in [0.1, 0.15) is 12.0 Å². The highest BCUT2D eigenvalue weighted by atomic mass is 32.2. The Morgan fingerprint density at radius 3 is 2.31 bits per heavy atom. The van der Waals surface area contributed by atoms with E-state index in [1.807, 2.05) is 26.0 Å². The quantitative estimate of drug-likeness (QED) is 0.389. The maximum atomic E-state index is 13.0. The number of aryl methyl sites for hydroxylation is 4. The number of hydrogen-bond donors (Lipinski definition) is 1. The van der Waals surface area contributed by atoms with Crippen molar-refractivity contribution >= 4 is 26.7 Å². The lowest BCUT2D eigenvalue weighted by atomic mass is 10.0. The van der Waals surface area contributed by atoms with E-state index in [-0.39, 0.29) is 10.6 Å². The minimum Gasteiger partial charge on any atom is -0.444 e. The fourth-order valence-corrected chi connectivity index (χ4v) is 5.26. The maximum absolute atomic E-state index is 13.0. The van der Waals surface area contributed by atoms with Crippen molar-refractivity contribution in [3.8, 4) is 22.7 Å². The zero-order valence-electron chi connectivity index (χ0n) is 19.7. The van der Waals surface area contributed by atoms with Gasteiger partial charge in [-0.25, -0.2) is 18.2 Å². The molecule has 0 radical (unpaired) electrons. The zero-order valence-corrected chi connectivity index (χ0v) is 20.6. The molecule has 0 aliphatic carbocycles. The summed E-state index contributed by atoms with van der Waals surface area (Å²) >= 11 is 0. The molecule has 0 aliphatic heterocycles. The predicted octanol–water partition coefficient (Wildman–Crippen LogP) is 4.62. The van der Waals surface area contributed by atoms with Crippen LogP contribution in [0, 0.1) is 13.8 Å². The molecule has 9 heteroatoms. The highest BCUT2D eigenvalue weighted by Gasteiger charge is 2.18. The number of oxazole rings is 1. The average molecular weight is 489 g/mol. The SMILES string of the molecule is Cc1ccc(-c2coc(-c3ccc(NS(=O)(=O)c4ccc5c(c4)n(C)c(=O)n5C)cc3)n2)c(C)c1. The number of rotatable bonds is 5. The second-order valence-electron chi connectivity index (χ2n) is 8.59. The van der Waals surface area contributed by atoms with Crippen LogP contribution in [0.4, 0.5) is 5.69 Å². The topological polar surface area (TPSA) is 99.1 Å². The number of imidazole rings is 1. The standard InChI is InChI=1S/C26H24N4O4S/c1-16-5-11-21(17(2)13-16)22-15-34-25(27-22)18-6-8-19(9-7-18)28-35(32,33)20-10-12-23-24(14-20)30(4)26(31)29(23)3/h5-15,28H,1-4H3. The molecule has 0 saturated heterocycles. The van der Waals surface area contributed by atoms with Gasteiger partial charge in [-0.2, -0.15) is 0 Å². The molecular formula is C26H24N4O4S. The van der Waals surface area contributed by atoms with Crippen LogP contribution < -0.4 is 10.4 Å². The Morgan fingerprint density at radius 1 is 0.886 bits per heavy atom. The van der Waals surface area contributed by atoms with Gasteiger partial charge in [-0.15, -0.1) is 0 Å². The van der Waals surface area contributed by atoms with E-state index in [0.717, 1.165) is 22.4 Å². The smallest absolute Gasteiger partial charge is 0.328 e. The van der Waals surface area contributed by atoms with E-state index in [2.05, 4.69) is 15.8 Å². The average Bonchev–Trinajstić information content (AvgIpc) is 3.39. The molecule has 0 atom stereocenters. The van der Waals surface area contributed by atoms with Gasteiger partial charge in [0.15, 0.2) is 0 Å². The fraction of sp³-hybridized carbons (Fsp3) is 0.154. The first-order chi connectivity index (χ1) is 16.6. The summed E-state index contributed by atoms with van der Waals surface area (Å²) in [6.07, 6.45) is 1.62. The lowest BCUT2D eigenvalue weighted by Gasteiger charge is -2.09. The van der Waals surface area contributed by atoms with Crippen molar-refractivity contribution in [2.75, 3.05) is 4.72 Å². The highest BCUT2D eigenvalue weighted by molar-refractivity contribution is 7.92. The highest BCUT2D eigenvalue weighted by Crippen LogP contribution is 2.28. The van der Waals surface area contributed by atoms with Crippen molar-refractivity contribution in [2.45, 2.75) is 18.7 Å². The minimum absolute atomic E-state index is 0.0705. The third kappa shape index (κ3) is 4.04. The second-order valence-corrected chi connectivity index (χ2v) is 10.3. The Morgan fingerprint density at radius 2 is 1.60 bits per heavy atom. The molecule has 8 nitrogen and oxygen atoms in total. The fourth-order valence-electron chi connectivity index (χ4n) is 4.18. The summed E-state index contributed by atoms with van der Waals surface area (Å²) in [6, 6.07) is 17.6. The zero-order chi connectivity index (χ0) is 24.9. The Balaban J connectivity index is 1.39. The molecule has 5 aromatic rings. The molecule has 1 N–H and O–H groups in total. The van der Waals surface area contributed by atoms with E-state index >= 15 is 0 Å². The van der Waals surface area contributed by atoms with Crippen LogP contribution in [0.5, 0.6) is 0 Å². The molecule has 178 valence electrons.